The van der Waals surface area contributed by atoms with Gasteiger partial charge in [-0.05, 0) is 126 Å². The third-order valence-corrected chi connectivity index (χ3v) is 16.9. The van der Waals surface area contributed by atoms with Crippen LogP contribution in [0, 0.1) is 11.8 Å². The highest BCUT2D eigenvalue weighted by Crippen LogP contribution is 2.27. The fraction of sp³-hybridized carbons (Fsp3) is 0.679. The van der Waals surface area contributed by atoms with E-state index in [1.165, 1.54) is 40.2 Å². The number of oxime groups is 1. The van der Waals surface area contributed by atoms with Crippen molar-refractivity contribution in [2.75, 3.05) is 44.4 Å². The third kappa shape index (κ3) is 21.4. The molecule has 4 aliphatic heterocycles. The quantitative estimate of drug-likeness (QED) is 0.141. The number of nitrogens with one attached hydrogen (secondary N) is 7. The molecule has 0 aliphatic carbocycles. The fourth-order valence-electron chi connectivity index (χ4n) is 10.2. The number of carbonyl (C=O) groups is 11. The predicted molar refractivity (Wildman–Crippen MR) is 314 cm³/mol. The summed E-state index contributed by atoms with van der Waals surface area (Å²) in [4.78, 5) is 160. The van der Waals surface area contributed by atoms with E-state index in [0.717, 1.165) is 30.2 Å². The predicted octanol–water partition coefficient (Wildman–Crippen LogP) is 0.308. The maximum Gasteiger partial charge on any atom is 0.305 e. The van der Waals surface area contributed by atoms with Gasteiger partial charge in [-0.25, -0.2) is 0 Å². The van der Waals surface area contributed by atoms with Gasteiger partial charge in [-0.2, -0.15) is 23.5 Å². The standard InChI is InChI=1S/C56H86N12O14S2/c1-32(2)22-39-51(75)62-40(26-46(70)71)52(76)66-47(33(3)4)56(80)68-19-13-15-43(68)53(77)60-34(5)49(73)64-41(48(58)72)30-83-28-35-23-36-25-37(24-35)81-20-10-6-7-11-21-82-59-27-45(69)61-38(14-8-9-17-57)50(74)65-42(31-84-29-36)55(79)67-18-12-16-44(67)54(78)63-39/h23-25,27,32-34,38-44,47H,6-22,26,28-31,57H2,1-5H3,(H2,58,72)(H,60,77)(H,61,69)(H,62,75)(H,63,78)(H,64,73)(H,65,74)(H,66,76)(H,70,71)/b59-27+/t34-,38-,39-,40-,41-,42-,43-,44-,47-/m0/s1. The lowest BCUT2D eigenvalue weighted by Crippen LogP contribution is -2.61. The van der Waals surface area contributed by atoms with E-state index in [1.807, 2.05) is 18.2 Å². The molecule has 12 N–H and O–H groups in total. The van der Waals surface area contributed by atoms with Gasteiger partial charge >= 0.3 is 5.97 Å². The van der Waals surface area contributed by atoms with Crippen LogP contribution >= 0.6 is 23.5 Å². The summed E-state index contributed by atoms with van der Waals surface area (Å²) in [5, 5.41) is 32.4. The maximum absolute atomic E-state index is 15.0. The first kappa shape index (κ1) is 68.1. The molecular formula is C56H86N12O14S2. The van der Waals surface area contributed by atoms with Crippen LogP contribution in [-0.4, -0.2) is 185 Å². The second-order valence-corrected chi connectivity index (χ2v) is 24.5. The molecule has 28 heteroatoms. The Morgan fingerprint density at radius 2 is 1.27 bits per heavy atom. The van der Waals surface area contributed by atoms with Crippen molar-refractivity contribution in [2.45, 2.75) is 184 Å². The third-order valence-electron chi connectivity index (χ3n) is 14.6. The molecule has 2 saturated heterocycles. The van der Waals surface area contributed by atoms with Gasteiger partial charge in [0.25, 0.3) is 5.91 Å². The topological polar surface area (TPSA) is 382 Å². The molecule has 4 bridgehead atoms. The molecular weight excluding hydrogens is 1130 g/mol. The fourth-order valence-corrected chi connectivity index (χ4v) is 12.2. The first-order chi connectivity index (χ1) is 40.1. The molecule has 0 aromatic heterocycles. The zero-order chi connectivity index (χ0) is 61.5. The molecule has 466 valence electrons. The number of carboxylic acid groups (broad SMARTS) is 1. The number of aliphatic carboxylic acids is 1. The molecule has 1 aromatic rings. The van der Waals surface area contributed by atoms with E-state index >= 15 is 0 Å². The molecule has 0 spiro atoms. The molecule has 26 nitrogen and oxygen atoms in total. The van der Waals surface area contributed by atoms with Gasteiger partial charge in [-0.3, -0.25) is 52.7 Å². The van der Waals surface area contributed by atoms with Crippen LogP contribution in [0.5, 0.6) is 5.75 Å². The Morgan fingerprint density at radius 3 is 1.89 bits per heavy atom. The number of nitrogens with zero attached hydrogens (tertiary/aromatic N) is 3. The highest BCUT2D eigenvalue weighted by atomic mass is 32.2. The average Bonchev–Trinajstić information content (AvgIpc) is 3.62. The number of hydrogen-bond acceptors (Lipinski definition) is 17. The van der Waals surface area contributed by atoms with Gasteiger partial charge in [0.1, 0.15) is 72.9 Å². The van der Waals surface area contributed by atoms with E-state index in [0.29, 0.717) is 68.9 Å². The van der Waals surface area contributed by atoms with Crippen molar-refractivity contribution in [2.24, 2.45) is 28.5 Å². The van der Waals surface area contributed by atoms with Gasteiger partial charge in [-0.15, -0.1) is 0 Å². The zero-order valence-electron chi connectivity index (χ0n) is 48.8. The minimum atomic E-state index is -1.75. The largest absolute Gasteiger partial charge is 0.494 e. The van der Waals surface area contributed by atoms with Crippen molar-refractivity contribution < 1.29 is 67.4 Å². The number of ether oxygens (including phenoxy) is 1. The van der Waals surface area contributed by atoms with Crippen LogP contribution in [-0.2, 0) is 69.1 Å². The first-order valence-electron chi connectivity index (χ1n) is 29.1. The monoisotopic (exact) mass is 1210 g/mol. The lowest BCUT2D eigenvalue weighted by Gasteiger charge is -2.32. The molecule has 4 aliphatic rings. The van der Waals surface area contributed by atoms with Crippen LogP contribution in [0.4, 0.5) is 0 Å². The minimum Gasteiger partial charge on any atom is -0.494 e. The van der Waals surface area contributed by atoms with Crippen LogP contribution in [0.2, 0.25) is 0 Å². The van der Waals surface area contributed by atoms with Crippen LogP contribution in [0.1, 0.15) is 129 Å². The van der Waals surface area contributed by atoms with E-state index in [1.54, 1.807) is 27.7 Å². The second kappa shape index (κ2) is 34.3. The van der Waals surface area contributed by atoms with Gasteiger partial charge in [0, 0.05) is 36.1 Å². The molecule has 0 radical (unpaired) electrons. The maximum atomic E-state index is 15.0. The molecule has 0 saturated carbocycles. The average molecular weight is 1220 g/mol. The molecule has 2 fully saturated rings. The smallest absolute Gasteiger partial charge is 0.305 e. The molecule has 1 aromatic carbocycles. The molecule has 10 amide bonds. The highest BCUT2D eigenvalue weighted by Gasteiger charge is 2.43. The Bertz CT molecular complexity index is 2520. The molecule has 5 rings (SSSR count). The van der Waals surface area contributed by atoms with E-state index in [4.69, 9.17) is 21.0 Å². The zero-order valence-corrected chi connectivity index (χ0v) is 50.4. The summed E-state index contributed by atoms with van der Waals surface area (Å²) in [7, 11) is 0. The number of benzene rings is 1. The van der Waals surface area contributed by atoms with Gasteiger partial charge < -0.3 is 73.2 Å². The van der Waals surface area contributed by atoms with E-state index < -0.39 is 132 Å². The van der Waals surface area contributed by atoms with Gasteiger partial charge in [0.05, 0.1) is 13.0 Å². The summed E-state index contributed by atoms with van der Waals surface area (Å²) in [5.74, 6) is -8.61. The summed E-state index contributed by atoms with van der Waals surface area (Å²) in [6.45, 7) is 9.41. The van der Waals surface area contributed by atoms with Crippen LogP contribution in [0.15, 0.2) is 23.4 Å². The van der Waals surface area contributed by atoms with E-state index in [9.17, 15) is 57.8 Å². The summed E-state index contributed by atoms with van der Waals surface area (Å²) in [5.41, 5.74) is 13.2. The van der Waals surface area contributed by atoms with Crippen molar-refractivity contribution >= 4 is 94.8 Å². The summed E-state index contributed by atoms with van der Waals surface area (Å²) in [6.07, 6.45) is 5.31. The van der Waals surface area contributed by atoms with Crippen LogP contribution < -0.4 is 53.4 Å². The SMILES string of the molecule is CC(C)C[C@@H]1NC(=O)[C@@H]2CCCN2C(=O)[C@@H]2CSCc3cc(cc(c3)OCCCCCCO/N=C/C(=O)N[C@@H](CCCCN)C(=O)N2)CSC[C@@H](C(N)=O)NC(=O)[C@H](C)NC(=O)[C@@H]2CCCN2C(=O)[C@H](C(C)C)NC(=O)[C@H](CC(=O)O)NC1=O. The molecule has 0 unspecified atom stereocenters. The first-order valence-corrected chi connectivity index (χ1v) is 31.4. The van der Waals surface area contributed by atoms with E-state index in [2.05, 4.69) is 42.4 Å². The molecule has 9 atom stereocenters. The number of hydrogen-bond donors (Lipinski definition) is 10. The minimum absolute atomic E-state index is 0.0183. The lowest BCUT2D eigenvalue weighted by atomic mass is 10.00. The summed E-state index contributed by atoms with van der Waals surface area (Å²) in [6, 6.07) is -5.69. The number of carboxylic acids is 1. The van der Waals surface area contributed by atoms with E-state index in [-0.39, 0.29) is 62.8 Å². The number of carbonyl (C=O) groups excluding carboxylic acids is 10. The van der Waals surface area contributed by atoms with Crippen molar-refractivity contribution in [1.29, 1.82) is 0 Å². The normalized spacial score (nSPS) is 27.3. The number of primary amides is 1. The van der Waals surface area contributed by atoms with Crippen LogP contribution in [0.25, 0.3) is 0 Å². The number of nitrogens with two attached hydrogens (primary N) is 2. The number of unbranched alkanes of at least 4 members (excludes halogenated alkanes) is 1. The Hall–Kier alpha value is -6.68. The number of amides is 10. The van der Waals surface area contributed by atoms with Gasteiger partial charge in [0.15, 0.2) is 0 Å². The van der Waals surface area contributed by atoms with Crippen molar-refractivity contribution in [3.8, 4) is 5.75 Å². The number of thioether (sulfide) groups is 2. The van der Waals surface area contributed by atoms with Crippen molar-refractivity contribution in [1.82, 2.24) is 47.0 Å². The van der Waals surface area contributed by atoms with Crippen molar-refractivity contribution in [3.63, 3.8) is 0 Å². The Morgan fingerprint density at radius 1 is 0.679 bits per heavy atom. The van der Waals surface area contributed by atoms with Crippen molar-refractivity contribution in [3.05, 3.63) is 29.3 Å². The Kier molecular flexibility index (Phi) is 27.8. The summed E-state index contributed by atoms with van der Waals surface area (Å²) < 4.78 is 6.26. The number of fused-ring (bicyclic) bond motifs is 7. The van der Waals surface area contributed by atoms with Crippen LogP contribution in [0.3, 0.4) is 0 Å². The van der Waals surface area contributed by atoms with Gasteiger partial charge in [-0.1, -0.05) is 38.9 Å². The second-order valence-electron chi connectivity index (χ2n) is 22.4. The Balaban J connectivity index is 1.55. The molecule has 4 heterocycles. The van der Waals surface area contributed by atoms with Gasteiger partial charge in [0.2, 0.25) is 53.2 Å². The Labute approximate surface area is 499 Å². The summed E-state index contributed by atoms with van der Waals surface area (Å²) >= 11 is 2.62. The highest BCUT2D eigenvalue weighted by molar-refractivity contribution is 7.98. The lowest BCUT2D eigenvalue weighted by molar-refractivity contribution is -0.144. The molecule has 84 heavy (non-hydrogen) atoms. The number of rotatable bonds is 10.